The molecule has 0 heterocycles. The predicted molar refractivity (Wildman–Crippen MR) is 78.5 cm³/mol. The first kappa shape index (κ1) is 16.3. The Hall–Kier alpha value is -1.72. The average molecular weight is 300 g/mol. The summed E-state index contributed by atoms with van der Waals surface area (Å²) < 4.78 is 15.2. The summed E-state index contributed by atoms with van der Waals surface area (Å²) in [5, 5.41) is 3.10. The summed E-state index contributed by atoms with van der Waals surface area (Å²) in [5.41, 5.74) is 0.745. The van der Waals surface area contributed by atoms with Crippen LogP contribution in [-0.2, 0) is 9.53 Å². The van der Waals surface area contributed by atoms with Crippen LogP contribution >= 0.6 is 11.6 Å². The van der Waals surface area contributed by atoms with Gasteiger partial charge in [0.05, 0.1) is 25.8 Å². The molecule has 0 unspecified atom stereocenters. The number of halogens is 1. The van der Waals surface area contributed by atoms with Gasteiger partial charge in [-0.3, -0.25) is 4.79 Å². The summed E-state index contributed by atoms with van der Waals surface area (Å²) in [5.74, 6) is 0.781. The Kier molecular flexibility index (Phi) is 6.90. The predicted octanol–water partition coefficient (Wildman–Crippen LogP) is 2.13. The van der Waals surface area contributed by atoms with Crippen LogP contribution in [-0.4, -0.2) is 40.4 Å². The molecule has 0 fully saturated rings. The van der Waals surface area contributed by atoms with Crippen molar-refractivity contribution in [3.05, 3.63) is 28.8 Å². The van der Waals surface area contributed by atoms with Crippen LogP contribution in [0.4, 0.5) is 0 Å². The maximum atomic E-state index is 11.5. The van der Waals surface area contributed by atoms with Gasteiger partial charge in [0, 0.05) is 19.7 Å². The summed E-state index contributed by atoms with van der Waals surface area (Å²) in [6.07, 6.45) is 3.07. The lowest BCUT2D eigenvalue weighted by molar-refractivity contribution is -0.116. The summed E-state index contributed by atoms with van der Waals surface area (Å²) in [6.45, 7) is 0.939. The number of nitrogens with one attached hydrogen (secondary N) is 1. The SMILES string of the molecule is COCCNC(=O)/C=C/c1cc(Cl)c(OC)c(OC)c1. The maximum Gasteiger partial charge on any atom is 0.244 e. The molecule has 0 aliphatic rings. The lowest BCUT2D eigenvalue weighted by Crippen LogP contribution is -2.24. The van der Waals surface area contributed by atoms with E-state index in [9.17, 15) is 4.79 Å². The molecule has 0 spiro atoms. The van der Waals surface area contributed by atoms with Gasteiger partial charge in [0.25, 0.3) is 0 Å². The van der Waals surface area contributed by atoms with Gasteiger partial charge in [0.2, 0.25) is 5.91 Å². The molecule has 110 valence electrons. The number of hydrogen-bond acceptors (Lipinski definition) is 4. The molecule has 6 heteroatoms. The monoisotopic (exact) mass is 299 g/mol. The Morgan fingerprint density at radius 2 is 2.05 bits per heavy atom. The number of methoxy groups -OCH3 is 3. The average Bonchev–Trinajstić information content (AvgIpc) is 2.44. The van der Waals surface area contributed by atoms with Gasteiger partial charge in [-0.05, 0) is 23.8 Å². The fourth-order valence-electron chi connectivity index (χ4n) is 1.54. The third-order valence-electron chi connectivity index (χ3n) is 2.49. The van der Waals surface area contributed by atoms with Crippen molar-refractivity contribution < 1.29 is 19.0 Å². The van der Waals surface area contributed by atoms with Crippen molar-refractivity contribution in [2.45, 2.75) is 0 Å². The molecule has 0 saturated carbocycles. The van der Waals surface area contributed by atoms with Crippen LogP contribution in [0.25, 0.3) is 6.08 Å². The smallest absolute Gasteiger partial charge is 0.244 e. The molecule has 0 aliphatic carbocycles. The zero-order valence-corrected chi connectivity index (χ0v) is 12.5. The van der Waals surface area contributed by atoms with Crippen molar-refractivity contribution in [2.24, 2.45) is 0 Å². The summed E-state index contributed by atoms with van der Waals surface area (Å²) in [4.78, 5) is 11.5. The van der Waals surface area contributed by atoms with Gasteiger partial charge in [-0.25, -0.2) is 0 Å². The van der Waals surface area contributed by atoms with Crippen molar-refractivity contribution in [1.29, 1.82) is 0 Å². The first-order valence-electron chi connectivity index (χ1n) is 5.98. The van der Waals surface area contributed by atoms with Crippen LogP contribution in [0.2, 0.25) is 5.02 Å². The number of hydrogen-bond donors (Lipinski definition) is 1. The fraction of sp³-hybridized carbons (Fsp3) is 0.357. The van der Waals surface area contributed by atoms with E-state index < -0.39 is 0 Å². The summed E-state index contributed by atoms with van der Waals surface area (Å²) in [7, 11) is 4.62. The number of carbonyl (C=O) groups excluding carboxylic acids is 1. The van der Waals surface area contributed by atoms with Crippen molar-refractivity contribution in [1.82, 2.24) is 5.32 Å². The van der Waals surface area contributed by atoms with E-state index in [0.29, 0.717) is 29.7 Å². The summed E-state index contributed by atoms with van der Waals surface area (Å²) >= 11 is 6.08. The Morgan fingerprint density at radius 1 is 1.30 bits per heavy atom. The van der Waals surface area contributed by atoms with E-state index in [4.69, 9.17) is 25.8 Å². The first-order chi connectivity index (χ1) is 9.62. The highest BCUT2D eigenvalue weighted by Crippen LogP contribution is 2.36. The highest BCUT2D eigenvalue weighted by molar-refractivity contribution is 6.32. The first-order valence-corrected chi connectivity index (χ1v) is 6.36. The third kappa shape index (κ3) is 4.75. The van der Waals surface area contributed by atoms with Crippen molar-refractivity contribution in [3.8, 4) is 11.5 Å². The van der Waals surface area contributed by atoms with E-state index in [2.05, 4.69) is 5.32 Å². The van der Waals surface area contributed by atoms with Gasteiger partial charge in [0.15, 0.2) is 11.5 Å². The van der Waals surface area contributed by atoms with E-state index in [1.165, 1.54) is 20.3 Å². The molecule has 0 bridgehead atoms. The molecule has 0 saturated heterocycles. The van der Waals surface area contributed by atoms with Crippen LogP contribution in [0.5, 0.6) is 11.5 Å². The van der Waals surface area contributed by atoms with E-state index in [0.717, 1.165) is 5.56 Å². The quantitative estimate of drug-likeness (QED) is 0.619. The molecule has 0 radical (unpaired) electrons. The topological polar surface area (TPSA) is 56.8 Å². The Morgan fingerprint density at radius 3 is 2.65 bits per heavy atom. The van der Waals surface area contributed by atoms with E-state index in [1.807, 2.05) is 0 Å². The van der Waals surface area contributed by atoms with Crippen LogP contribution < -0.4 is 14.8 Å². The maximum absolute atomic E-state index is 11.5. The van der Waals surface area contributed by atoms with Gasteiger partial charge in [-0.1, -0.05) is 11.6 Å². The van der Waals surface area contributed by atoms with Gasteiger partial charge in [-0.15, -0.1) is 0 Å². The van der Waals surface area contributed by atoms with E-state index >= 15 is 0 Å². The molecule has 20 heavy (non-hydrogen) atoms. The zero-order valence-electron chi connectivity index (χ0n) is 11.7. The van der Waals surface area contributed by atoms with Crippen LogP contribution in [0, 0.1) is 0 Å². The van der Waals surface area contributed by atoms with Crippen molar-refractivity contribution >= 4 is 23.6 Å². The minimum atomic E-state index is -0.201. The molecule has 0 aliphatic heterocycles. The molecule has 5 nitrogen and oxygen atoms in total. The number of rotatable bonds is 7. The second-order valence-corrected chi connectivity index (χ2v) is 4.26. The molecule has 0 aromatic heterocycles. The Labute approximate surface area is 123 Å². The second kappa shape index (κ2) is 8.45. The number of benzene rings is 1. The standard InChI is InChI=1S/C14H18ClNO4/c1-18-7-6-16-13(17)5-4-10-8-11(15)14(20-3)12(9-10)19-2/h4-5,8-9H,6-7H2,1-3H3,(H,16,17)/b5-4+. The van der Waals surface area contributed by atoms with E-state index in [-0.39, 0.29) is 5.91 Å². The molecule has 1 rings (SSSR count). The number of amides is 1. The van der Waals surface area contributed by atoms with Gasteiger partial charge < -0.3 is 19.5 Å². The highest BCUT2D eigenvalue weighted by Gasteiger charge is 2.09. The van der Waals surface area contributed by atoms with Crippen LogP contribution in [0.15, 0.2) is 18.2 Å². The Bertz CT molecular complexity index is 488. The van der Waals surface area contributed by atoms with E-state index in [1.54, 1.807) is 25.3 Å². The molecule has 1 aromatic carbocycles. The third-order valence-corrected chi connectivity index (χ3v) is 2.77. The van der Waals surface area contributed by atoms with Gasteiger partial charge in [-0.2, -0.15) is 0 Å². The van der Waals surface area contributed by atoms with Gasteiger partial charge >= 0.3 is 0 Å². The molecule has 0 atom stereocenters. The largest absolute Gasteiger partial charge is 0.493 e. The molecule has 1 N–H and O–H groups in total. The molecular weight excluding hydrogens is 282 g/mol. The summed E-state index contributed by atoms with van der Waals surface area (Å²) in [6, 6.07) is 3.44. The second-order valence-electron chi connectivity index (χ2n) is 3.86. The van der Waals surface area contributed by atoms with Crippen LogP contribution in [0.3, 0.4) is 0 Å². The van der Waals surface area contributed by atoms with Crippen LogP contribution in [0.1, 0.15) is 5.56 Å². The minimum Gasteiger partial charge on any atom is -0.493 e. The van der Waals surface area contributed by atoms with Crippen molar-refractivity contribution in [3.63, 3.8) is 0 Å². The number of carbonyl (C=O) groups is 1. The lowest BCUT2D eigenvalue weighted by Gasteiger charge is -2.10. The minimum absolute atomic E-state index is 0.201. The highest BCUT2D eigenvalue weighted by atomic mass is 35.5. The molecule has 1 aromatic rings. The zero-order chi connectivity index (χ0) is 15.0. The molecular formula is C14H18ClNO4. The normalized spacial score (nSPS) is 10.6. The van der Waals surface area contributed by atoms with Crippen molar-refractivity contribution in [2.75, 3.05) is 34.5 Å². The fourth-order valence-corrected chi connectivity index (χ4v) is 1.84. The Balaban J connectivity index is 2.77. The lowest BCUT2D eigenvalue weighted by atomic mass is 10.2. The molecule has 1 amide bonds. The van der Waals surface area contributed by atoms with Gasteiger partial charge in [0.1, 0.15) is 0 Å². The number of ether oxygens (including phenoxy) is 3.